The average molecular weight is 579 g/mol. The molecule has 5 rings (SSSR count). The molecule has 220 valence electrons. The summed E-state index contributed by atoms with van der Waals surface area (Å²) in [4.78, 5) is 36.2. The van der Waals surface area contributed by atoms with E-state index < -0.39 is 11.6 Å². The van der Waals surface area contributed by atoms with Gasteiger partial charge in [-0.1, -0.05) is 0 Å². The Morgan fingerprint density at radius 1 is 1.12 bits per heavy atom. The van der Waals surface area contributed by atoms with Crippen molar-refractivity contribution >= 4 is 29.0 Å². The van der Waals surface area contributed by atoms with Gasteiger partial charge in [-0.2, -0.15) is 4.39 Å². The summed E-state index contributed by atoms with van der Waals surface area (Å²) in [7, 11) is 7.20. The lowest BCUT2D eigenvalue weighted by molar-refractivity contribution is -0.862. The lowest BCUT2D eigenvalue weighted by Crippen LogP contribution is -2.46. The van der Waals surface area contributed by atoms with Crippen molar-refractivity contribution in [2.45, 2.75) is 19.4 Å². The second-order valence-electron chi connectivity index (χ2n) is 11.5. The van der Waals surface area contributed by atoms with Crippen LogP contribution in [0.25, 0.3) is 16.9 Å². The topological polar surface area (TPSA) is 101 Å². The first-order valence-electron chi connectivity index (χ1n) is 13.6. The summed E-state index contributed by atoms with van der Waals surface area (Å²) in [5.74, 6) is -2.00. The highest BCUT2D eigenvalue weighted by molar-refractivity contribution is 5.96. The van der Waals surface area contributed by atoms with E-state index in [-0.39, 0.29) is 29.2 Å². The molecule has 0 unspecified atom stereocenters. The summed E-state index contributed by atoms with van der Waals surface area (Å²) in [6.07, 6.45) is 5.31. The van der Waals surface area contributed by atoms with E-state index in [1.807, 2.05) is 39.0 Å². The van der Waals surface area contributed by atoms with Crippen LogP contribution >= 0.6 is 0 Å². The molecule has 2 aromatic carbocycles. The maximum atomic E-state index is 14.8. The fourth-order valence-corrected chi connectivity index (χ4v) is 5.10. The maximum absolute atomic E-state index is 14.8. The summed E-state index contributed by atoms with van der Waals surface area (Å²) in [6.45, 7) is 3.38. The van der Waals surface area contributed by atoms with Crippen molar-refractivity contribution in [3.05, 3.63) is 71.7 Å². The molecular formula is C30H34F2N7O3+. The number of quaternary nitrogens is 1. The molecule has 42 heavy (non-hydrogen) atoms. The van der Waals surface area contributed by atoms with E-state index in [4.69, 9.17) is 4.74 Å². The number of likely N-dealkylation sites (tertiary alicyclic amines) is 1. The predicted octanol–water partition coefficient (Wildman–Crippen LogP) is 3.77. The van der Waals surface area contributed by atoms with E-state index in [9.17, 15) is 18.4 Å². The van der Waals surface area contributed by atoms with Crippen molar-refractivity contribution in [1.29, 1.82) is 0 Å². The Labute approximate surface area is 242 Å². The van der Waals surface area contributed by atoms with Gasteiger partial charge in [0, 0.05) is 48.3 Å². The van der Waals surface area contributed by atoms with Crippen molar-refractivity contribution in [2.24, 2.45) is 0 Å². The molecule has 12 heteroatoms. The number of imidazole rings is 1. The van der Waals surface area contributed by atoms with Crippen LogP contribution in [0, 0.1) is 18.6 Å². The van der Waals surface area contributed by atoms with Crippen LogP contribution in [0.15, 0.2) is 48.9 Å². The second kappa shape index (κ2) is 11.4. The number of nitrogens with one attached hydrogen (secondary N) is 2. The molecule has 1 atom stereocenters. The number of aromatic nitrogens is 3. The quantitative estimate of drug-likeness (QED) is 0.309. The van der Waals surface area contributed by atoms with Crippen LogP contribution in [0.1, 0.15) is 22.3 Å². The van der Waals surface area contributed by atoms with Crippen molar-refractivity contribution in [3.8, 4) is 17.0 Å². The van der Waals surface area contributed by atoms with Gasteiger partial charge < -0.3 is 24.8 Å². The van der Waals surface area contributed by atoms with Crippen LogP contribution in [0.3, 0.4) is 0 Å². The zero-order chi connectivity index (χ0) is 30.2. The summed E-state index contributed by atoms with van der Waals surface area (Å²) in [5, 5.41) is 6.28. The number of amides is 2. The van der Waals surface area contributed by atoms with Gasteiger partial charge in [-0.15, -0.1) is 0 Å². The molecule has 1 fully saturated rings. The molecule has 3 heterocycles. The van der Waals surface area contributed by atoms with Crippen LogP contribution in [-0.2, 0) is 4.79 Å². The van der Waals surface area contributed by atoms with Gasteiger partial charge >= 0.3 is 0 Å². The van der Waals surface area contributed by atoms with Crippen LogP contribution < -0.4 is 15.4 Å². The molecule has 0 bridgehead atoms. The molecule has 2 amide bonds. The second-order valence-corrected chi connectivity index (χ2v) is 11.5. The molecule has 0 radical (unpaired) electrons. The highest BCUT2D eigenvalue weighted by Crippen LogP contribution is 2.31. The molecular weight excluding hydrogens is 544 g/mol. The number of halogens is 2. The van der Waals surface area contributed by atoms with Crippen molar-refractivity contribution in [3.63, 3.8) is 0 Å². The van der Waals surface area contributed by atoms with E-state index >= 15 is 0 Å². The number of hydrogen-bond donors (Lipinski definition) is 2. The SMILES string of the molecule is COc1ccc(-c2cnc3c(Nc4ccc(C(=O)N[C@H]5CCN(C(=O)C[N+](C)(C)C)C5)c(C)c4)nccn23)c(F)c1F. The third kappa shape index (κ3) is 5.89. The minimum Gasteiger partial charge on any atom is -0.494 e. The van der Waals surface area contributed by atoms with Crippen LogP contribution in [-0.4, -0.2) is 89.5 Å². The fraction of sp³-hybridized carbons (Fsp3) is 0.333. The average Bonchev–Trinajstić information content (AvgIpc) is 3.57. The van der Waals surface area contributed by atoms with E-state index in [1.165, 1.54) is 31.6 Å². The van der Waals surface area contributed by atoms with Crippen LogP contribution in [0.2, 0.25) is 0 Å². The molecule has 1 aliphatic rings. The van der Waals surface area contributed by atoms with Gasteiger partial charge in [-0.25, -0.2) is 14.4 Å². The van der Waals surface area contributed by atoms with Crippen molar-refractivity contribution in [2.75, 3.05) is 53.2 Å². The first-order valence-corrected chi connectivity index (χ1v) is 13.6. The fourth-order valence-electron chi connectivity index (χ4n) is 5.10. The number of carbonyl (C=O) groups excluding carboxylic acids is 2. The lowest BCUT2D eigenvalue weighted by Gasteiger charge is -2.26. The third-order valence-corrected chi connectivity index (χ3v) is 7.19. The van der Waals surface area contributed by atoms with E-state index in [2.05, 4.69) is 20.6 Å². The van der Waals surface area contributed by atoms with Crippen molar-refractivity contribution in [1.82, 2.24) is 24.6 Å². The molecule has 1 saturated heterocycles. The Balaban J connectivity index is 1.29. The Kier molecular flexibility index (Phi) is 7.83. The van der Waals surface area contributed by atoms with E-state index in [0.717, 1.165) is 5.56 Å². The molecule has 0 saturated carbocycles. The largest absolute Gasteiger partial charge is 0.494 e. The number of fused-ring (bicyclic) bond motifs is 1. The summed E-state index contributed by atoms with van der Waals surface area (Å²) >= 11 is 0. The Morgan fingerprint density at radius 2 is 1.90 bits per heavy atom. The number of hydrogen-bond acceptors (Lipinski definition) is 6. The van der Waals surface area contributed by atoms with Crippen LogP contribution in [0.5, 0.6) is 5.75 Å². The number of benzene rings is 2. The maximum Gasteiger partial charge on any atom is 0.277 e. The number of methoxy groups -OCH3 is 1. The number of aryl methyl sites for hydroxylation is 1. The molecule has 2 aromatic heterocycles. The van der Waals surface area contributed by atoms with Gasteiger partial charge in [0.1, 0.15) is 0 Å². The molecule has 0 aliphatic carbocycles. The van der Waals surface area contributed by atoms with Gasteiger partial charge in [0.2, 0.25) is 5.82 Å². The normalized spacial score (nSPS) is 15.2. The summed E-state index contributed by atoms with van der Waals surface area (Å²) < 4.78 is 36.2. The lowest BCUT2D eigenvalue weighted by atomic mass is 10.1. The highest BCUT2D eigenvalue weighted by atomic mass is 19.2. The Morgan fingerprint density at radius 3 is 2.62 bits per heavy atom. The molecule has 10 nitrogen and oxygen atoms in total. The van der Waals surface area contributed by atoms with E-state index in [1.54, 1.807) is 22.7 Å². The number of rotatable bonds is 8. The monoisotopic (exact) mass is 578 g/mol. The molecule has 1 aliphatic heterocycles. The predicted molar refractivity (Wildman–Crippen MR) is 155 cm³/mol. The summed E-state index contributed by atoms with van der Waals surface area (Å²) in [5.41, 5.74) is 2.75. The first kappa shape index (κ1) is 28.9. The van der Waals surface area contributed by atoms with Gasteiger partial charge in [0.25, 0.3) is 11.8 Å². The highest BCUT2D eigenvalue weighted by Gasteiger charge is 2.30. The third-order valence-electron chi connectivity index (χ3n) is 7.19. The zero-order valence-corrected chi connectivity index (χ0v) is 24.2. The minimum atomic E-state index is -1.07. The summed E-state index contributed by atoms with van der Waals surface area (Å²) in [6, 6.07) is 8.02. The number of ether oxygens (including phenoxy) is 1. The zero-order valence-electron chi connectivity index (χ0n) is 24.2. The van der Waals surface area contributed by atoms with E-state index in [0.29, 0.717) is 58.9 Å². The van der Waals surface area contributed by atoms with Gasteiger partial charge in [0.15, 0.2) is 29.6 Å². The molecule has 0 spiro atoms. The number of nitrogens with zero attached hydrogens (tertiary/aromatic N) is 5. The van der Waals surface area contributed by atoms with Crippen molar-refractivity contribution < 1.29 is 27.6 Å². The smallest absolute Gasteiger partial charge is 0.277 e. The first-order chi connectivity index (χ1) is 19.9. The van der Waals surface area contributed by atoms with Gasteiger partial charge in [0.05, 0.1) is 40.1 Å². The van der Waals surface area contributed by atoms with Gasteiger partial charge in [-0.05, 0) is 49.2 Å². The van der Waals surface area contributed by atoms with Crippen LogP contribution in [0.4, 0.5) is 20.3 Å². The minimum absolute atomic E-state index is 0.0345. The number of likely N-dealkylation sites (N-methyl/N-ethyl adjacent to an activating group) is 1. The Bertz CT molecular complexity index is 1660. The Hall–Kier alpha value is -4.58. The van der Waals surface area contributed by atoms with Gasteiger partial charge in [-0.3, -0.25) is 14.0 Å². The standard InChI is InChI=1S/C30H33F2N7O3/c1-18-14-19(6-7-21(18)30(41)36-20-10-12-37(16-20)25(40)17-39(2,3)4)35-28-29-34-15-23(38(29)13-11-33-28)22-8-9-24(42-5)27(32)26(22)31/h6-9,11,13-15,20H,10,12,16-17H2,1-5H3,(H-,33,35,36,41)/p+1/t20-/m0/s1. The number of anilines is 2. The molecule has 2 N–H and O–H groups in total. The number of carbonyl (C=O) groups is 2. The molecule has 4 aromatic rings.